The average Bonchev–Trinajstić information content (AvgIpc) is 3.13. The molecule has 0 bridgehead atoms. The van der Waals surface area contributed by atoms with E-state index in [0.717, 1.165) is 24.0 Å². The van der Waals surface area contributed by atoms with Crippen LogP contribution >= 0.6 is 0 Å². The molecule has 0 saturated carbocycles. The number of amides is 1. The Bertz CT molecular complexity index is 928. The van der Waals surface area contributed by atoms with Crippen molar-refractivity contribution in [3.63, 3.8) is 0 Å². The van der Waals surface area contributed by atoms with E-state index in [1.165, 1.54) is 6.92 Å². The number of unbranched alkanes of at least 4 members (excludes halogenated alkanes) is 1. The van der Waals surface area contributed by atoms with Crippen LogP contribution in [0.4, 0.5) is 5.69 Å². The molecule has 3 aromatic rings. The molecule has 1 amide bonds. The summed E-state index contributed by atoms with van der Waals surface area (Å²) in [5, 5.41) is 2.87. The molecule has 1 heterocycles. The van der Waals surface area contributed by atoms with Crippen molar-refractivity contribution in [3.8, 4) is 22.8 Å². The molecule has 138 valence electrons. The number of aromatic nitrogens is 1. The first-order valence-corrected chi connectivity index (χ1v) is 9.06. The van der Waals surface area contributed by atoms with Crippen LogP contribution in [0.3, 0.4) is 0 Å². The minimum atomic E-state index is -0.159. The lowest BCUT2D eigenvalue weighted by Crippen LogP contribution is -2.10. The molecule has 0 radical (unpaired) electrons. The highest BCUT2D eigenvalue weighted by Gasteiger charge is 2.19. The molecular formula is C22H22N2O3. The van der Waals surface area contributed by atoms with Gasteiger partial charge in [0.15, 0.2) is 17.2 Å². The Kier molecular flexibility index (Phi) is 5.81. The number of carbonyl (C=O) groups is 2. The molecule has 0 fully saturated rings. The quantitative estimate of drug-likeness (QED) is 0.576. The van der Waals surface area contributed by atoms with Crippen LogP contribution in [-0.4, -0.2) is 16.7 Å². The summed E-state index contributed by atoms with van der Waals surface area (Å²) in [5.74, 6) is 0.686. The maximum absolute atomic E-state index is 12.0. The highest BCUT2D eigenvalue weighted by Crippen LogP contribution is 2.30. The summed E-state index contributed by atoms with van der Waals surface area (Å²) in [7, 11) is 0. The van der Waals surface area contributed by atoms with E-state index in [-0.39, 0.29) is 11.7 Å². The monoisotopic (exact) mass is 362 g/mol. The number of oxazole rings is 1. The van der Waals surface area contributed by atoms with Gasteiger partial charge in [-0.25, -0.2) is 4.98 Å². The van der Waals surface area contributed by atoms with Gasteiger partial charge in [0, 0.05) is 30.2 Å². The van der Waals surface area contributed by atoms with E-state index in [9.17, 15) is 9.59 Å². The number of hydrogen-bond acceptors (Lipinski definition) is 4. The summed E-state index contributed by atoms with van der Waals surface area (Å²) in [5.41, 5.74) is 2.56. The van der Waals surface area contributed by atoms with Gasteiger partial charge in [-0.05, 0) is 42.8 Å². The van der Waals surface area contributed by atoms with Crippen molar-refractivity contribution in [2.45, 2.75) is 33.1 Å². The molecule has 5 nitrogen and oxygen atoms in total. The average molecular weight is 362 g/mol. The number of carbonyl (C=O) groups excluding carboxylic acids is 2. The van der Waals surface area contributed by atoms with E-state index >= 15 is 0 Å². The van der Waals surface area contributed by atoms with Gasteiger partial charge in [-0.2, -0.15) is 0 Å². The normalized spacial score (nSPS) is 10.6. The zero-order valence-electron chi connectivity index (χ0n) is 15.5. The Hall–Kier alpha value is -3.21. The largest absolute Gasteiger partial charge is 0.435 e. The van der Waals surface area contributed by atoms with Crippen molar-refractivity contribution in [3.05, 3.63) is 60.3 Å². The SMILES string of the molecule is CCCCC(=O)Nc1ccc(-c2oc(-c3ccccc3)nc2C(C)=O)cc1. The van der Waals surface area contributed by atoms with Crippen LogP contribution in [0.25, 0.3) is 22.8 Å². The molecule has 1 aromatic heterocycles. The fourth-order valence-corrected chi connectivity index (χ4v) is 2.72. The van der Waals surface area contributed by atoms with Crippen molar-refractivity contribution in [2.75, 3.05) is 5.32 Å². The molecule has 2 aromatic carbocycles. The molecule has 0 aliphatic heterocycles. The van der Waals surface area contributed by atoms with Gasteiger partial charge in [-0.3, -0.25) is 9.59 Å². The molecule has 0 saturated heterocycles. The predicted octanol–water partition coefficient (Wildman–Crippen LogP) is 5.34. The Balaban J connectivity index is 1.86. The fourth-order valence-electron chi connectivity index (χ4n) is 2.72. The van der Waals surface area contributed by atoms with Gasteiger partial charge >= 0.3 is 0 Å². The van der Waals surface area contributed by atoms with Gasteiger partial charge in [0.1, 0.15) is 0 Å². The number of nitrogens with one attached hydrogen (secondary N) is 1. The number of benzene rings is 2. The number of Topliss-reactive ketones (excluding diaryl/α,β-unsaturated/α-hetero) is 1. The van der Waals surface area contributed by atoms with E-state index in [0.29, 0.717) is 29.5 Å². The first-order valence-electron chi connectivity index (χ1n) is 9.06. The maximum Gasteiger partial charge on any atom is 0.227 e. The summed E-state index contributed by atoms with van der Waals surface area (Å²) < 4.78 is 5.90. The topological polar surface area (TPSA) is 72.2 Å². The number of anilines is 1. The number of nitrogens with zero attached hydrogens (tertiary/aromatic N) is 1. The van der Waals surface area contributed by atoms with Crippen LogP contribution in [0.5, 0.6) is 0 Å². The zero-order valence-corrected chi connectivity index (χ0v) is 15.5. The van der Waals surface area contributed by atoms with Crippen LogP contribution in [0.15, 0.2) is 59.0 Å². The third kappa shape index (κ3) is 4.50. The van der Waals surface area contributed by atoms with Crippen LogP contribution in [-0.2, 0) is 4.79 Å². The molecule has 0 spiro atoms. The van der Waals surface area contributed by atoms with Gasteiger partial charge in [-0.15, -0.1) is 0 Å². The summed E-state index contributed by atoms with van der Waals surface area (Å²) >= 11 is 0. The first kappa shape index (κ1) is 18.6. The third-order valence-corrected chi connectivity index (χ3v) is 4.17. The van der Waals surface area contributed by atoms with Crippen molar-refractivity contribution in [1.29, 1.82) is 0 Å². The van der Waals surface area contributed by atoms with Gasteiger partial charge < -0.3 is 9.73 Å². The van der Waals surface area contributed by atoms with E-state index in [2.05, 4.69) is 17.2 Å². The summed E-state index contributed by atoms with van der Waals surface area (Å²) in [6.45, 7) is 3.52. The standard InChI is InChI=1S/C22H22N2O3/c1-3-4-10-19(26)23-18-13-11-16(12-14-18)21-20(15(2)25)24-22(27-21)17-8-6-5-7-9-17/h5-9,11-14H,3-4,10H2,1-2H3,(H,23,26). The Morgan fingerprint density at radius 3 is 2.33 bits per heavy atom. The highest BCUT2D eigenvalue weighted by molar-refractivity contribution is 5.98. The van der Waals surface area contributed by atoms with Gasteiger partial charge in [0.25, 0.3) is 0 Å². The minimum Gasteiger partial charge on any atom is -0.435 e. The summed E-state index contributed by atoms with van der Waals surface area (Å²) in [6.07, 6.45) is 2.36. The van der Waals surface area contributed by atoms with Crippen LogP contribution < -0.4 is 5.32 Å². The minimum absolute atomic E-state index is 0.0000501. The fraction of sp³-hybridized carbons (Fsp3) is 0.227. The van der Waals surface area contributed by atoms with Crippen LogP contribution in [0.2, 0.25) is 0 Å². The van der Waals surface area contributed by atoms with E-state index < -0.39 is 0 Å². The van der Waals surface area contributed by atoms with Crippen molar-refractivity contribution in [2.24, 2.45) is 0 Å². The molecule has 3 rings (SSSR count). The predicted molar refractivity (Wildman–Crippen MR) is 106 cm³/mol. The van der Waals surface area contributed by atoms with Crippen LogP contribution in [0.1, 0.15) is 43.6 Å². The maximum atomic E-state index is 12.0. The zero-order chi connectivity index (χ0) is 19.2. The lowest BCUT2D eigenvalue weighted by atomic mass is 10.1. The van der Waals surface area contributed by atoms with Crippen molar-refractivity contribution < 1.29 is 14.0 Å². The Labute approximate surface area is 158 Å². The van der Waals surface area contributed by atoms with E-state index in [1.807, 2.05) is 42.5 Å². The second kappa shape index (κ2) is 8.45. The number of rotatable bonds is 7. The second-order valence-corrected chi connectivity index (χ2v) is 6.35. The smallest absolute Gasteiger partial charge is 0.227 e. The van der Waals surface area contributed by atoms with E-state index in [4.69, 9.17) is 4.42 Å². The molecular weight excluding hydrogens is 340 g/mol. The summed E-state index contributed by atoms with van der Waals surface area (Å²) in [4.78, 5) is 28.2. The lowest BCUT2D eigenvalue weighted by molar-refractivity contribution is -0.116. The molecule has 5 heteroatoms. The van der Waals surface area contributed by atoms with Crippen molar-refractivity contribution >= 4 is 17.4 Å². The Morgan fingerprint density at radius 1 is 1.00 bits per heavy atom. The van der Waals surface area contributed by atoms with Crippen molar-refractivity contribution in [1.82, 2.24) is 4.98 Å². The molecule has 1 N–H and O–H groups in total. The van der Waals surface area contributed by atoms with Gasteiger partial charge in [0.05, 0.1) is 0 Å². The Morgan fingerprint density at radius 2 is 1.70 bits per heavy atom. The molecule has 0 unspecified atom stereocenters. The number of hydrogen-bond donors (Lipinski definition) is 1. The second-order valence-electron chi connectivity index (χ2n) is 6.35. The van der Waals surface area contributed by atoms with E-state index in [1.54, 1.807) is 12.1 Å². The molecule has 0 aliphatic carbocycles. The summed E-state index contributed by atoms with van der Waals surface area (Å²) in [6, 6.07) is 16.7. The van der Waals surface area contributed by atoms with Gasteiger partial charge in [-0.1, -0.05) is 31.5 Å². The lowest BCUT2D eigenvalue weighted by Gasteiger charge is -2.05. The highest BCUT2D eigenvalue weighted by atomic mass is 16.4. The molecule has 0 atom stereocenters. The molecule has 27 heavy (non-hydrogen) atoms. The third-order valence-electron chi connectivity index (χ3n) is 4.17. The van der Waals surface area contributed by atoms with Gasteiger partial charge in [0.2, 0.25) is 11.8 Å². The number of ketones is 1. The first-order chi connectivity index (χ1) is 13.1. The van der Waals surface area contributed by atoms with Crippen LogP contribution in [0, 0.1) is 0 Å². The molecule has 0 aliphatic rings.